The number of oxime groups is 1. The van der Waals surface area contributed by atoms with E-state index >= 15 is 0 Å². The van der Waals surface area contributed by atoms with Gasteiger partial charge in [-0.2, -0.15) is 0 Å². The minimum Gasteiger partial charge on any atom is -0.396 e. The Morgan fingerprint density at radius 1 is 1.41 bits per heavy atom. The molecule has 3 N–H and O–H groups in total. The van der Waals surface area contributed by atoms with E-state index in [2.05, 4.69) is 15.0 Å². The van der Waals surface area contributed by atoms with Crippen LogP contribution in [0.1, 0.15) is 16.9 Å². The van der Waals surface area contributed by atoms with Gasteiger partial charge in [0.2, 0.25) is 0 Å². The van der Waals surface area contributed by atoms with Gasteiger partial charge in [0.25, 0.3) is 5.91 Å². The zero-order valence-corrected chi connectivity index (χ0v) is 9.22. The summed E-state index contributed by atoms with van der Waals surface area (Å²) < 4.78 is 0. The summed E-state index contributed by atoms with van der Waals surface area (Å²) in [4.78, 5) is 18.2. The predicted molar refractivity (Wildman–Crippen MR) is 65.9 cm³/mol. The maximum atomic E-state index is 10.8. The van der Waals surface area contributed by atoms with E-state index in [1.165, 1.54) is 0 Å². The SMILES string of the molecule is C1=NOCC1.NC(=O)c1cc2ccccc2[nH]1. The van der Waals surface area contributed by atoms with Crippen LogP contribution in [0.5, 0.6) is 0 Å². The van der Waals surface area contributed by atoms with Gasteiger partial charge in [0.05, 0.1) is 0 Å². The van der Waals surface area contributed by atoms with Crippen LogP contribution in [0, 0.1) is 0 Å². The van der Waals surface area contributed by atoms with Crippen molar-refractivity contribution in [3.63, 3.8) is 0 Å². The number of fused-ring (bicyclic) bond motifs is 1. The number of aromatic amines is 1. The molecule has 1 aliphatic rings. The standard InChI is InChI=1S/C9H8N2O.C3H5NO/c10-9(12)8-5-6-3-1-2-4-7(6)11-8;1-2-4-5-3-1/h1-5,11H,(H2,10,12);2H,1,3H2. The number of para-hydroxylation sites is 1. The summed E-state index contributed by atoms with van der Waals surface area (Å²) in [5, 5.41) is 4.46. The second-order valence-corrected chi connectivity index (χ2v) is 3.54. The molecule has 1 aliphatic heterocycles. The third-order valence-electron chi connectivity index (χ3n) is 2.28. The second-order valence-electron chi connectivity index (χ2n) is 3.54. The number of carbonyl (C=O) groups excluding carboxylic acids is 1. The number of hydrogen-bond donors (Lipinski definition) is 2. The first kappa shape index (κ1) is 11.2. The minimum absolute atomic E-state index is 0.425. The van der Waals surface area contributed by atoms with Crippen LogP contribution in [-0.4, -0.2) is 23.7 Å². The monoisotopic (exact) mass is 231 g/mol. The summed E-state index contributed by atoms with van der Waals surface area (Å²) in [6, 6.07) is 9.41. The predicted octanol–water partition coefficient (Wildman–Crippen LogP) is 1.66. The van der Waals surface area contributed by atoms with Gasteiger partial charge >= 0.3 is 0 Å². The first-order valence-electron chi connectivity index (χ1n) is 5.29. The third-order valence-corrected chi connectivity index (χ3v) is 2.28. The van der Waals surface area contributed by atoms with Gasteiger partial charge in [-0.15, -0.1) is 0 Å². The summed E-state index contributed by atoms with van der Waals surface area (Å²) in [6.07, 6.45) is 2.75. The van der Waals surface area contributed by atoms with Crippen molar-refractivity contribution < 1.29 is 9.63 Å². The van der Waals surface area contributed by atoms with Crippen LogP contribution < -0.4 is 5.73 Å². The highest BCUT2D eigenvalue weighted by molar-refractivity contribution is 5.96. The van der Waals surface area contributed by atoms with Gasteiger partial charge in [0.1, 0.15) is 12.3 Å². The van der Waals surface area contributed by atoms with E-state index in [0.717, 1.165) is 23.9 Å². The first-order chi connectivity index (χ1) is 8.27. The number of nitrogens with zero attached hydrogens (tertiary/aromatic N) is 1. The lowest BCUT2D eigenvalue weighted by atomic mass is 10.2. The Bertz CT molecular complexity index is 506. The molecule has 0 saturated heterocycles. The van der Waals surface area contributed by atoms with E-state index in [4.69, 9.17) is 5.73 Å². The van der Waals surface area contributed by atoms with Crippen LogP contribution in [0.2, 0.25) is 0 Å². The average Bonchev–Trinajstić information content (AvgIpc) is 3.01. The average molecular weight is 231 g/mol. The molecule has 0 saturated carbocycles. The van der Waals surface area contributed by atoms with Crippen LogP contribution >= 0.6 is 0 Å². The molecular weight excluding hydrogens is 218 g/mol. The molecule has 88 valence electrons. The fourth-order valence-corrected chi connectivity index (χ4v) is 1.47. The van der Waals surface area contributed by atoms with Crippen molar-refractivity contribution in [3.8, 4) is 0 Å². The van der Waals surface area contributed by atoms with E-state index in [1.54, 1.807) is 12.3 Å². The quantitative estimate of drug-likeness (QED) is 0.782. The Kier molecular flexibility index (Phi) is 3.40. The highest BCUT2D eigenvalue weighted by Crippen LogP contribution is 2.13. The van der Waals surface area contributed by atoms with E-state index in [1.807, 2.05) is 24.3 Å². The molecule has 0 unspecified atom stereocenters. The minimum atomic E-state index is -0.425. The van der Waals surface area contributed by atoms with Gasteiger partial charge < -0.3 is 15.6 Å². The summed E-state index contributed by atoms with van der Waals surface area (Å²) >= 11 is 0. The Balaban J connectivity index is 0.000000181. The molecule has 2 aromatic rings. The van der Waals surface area contributed by atoms with Gasteiger partial charge in [-0.3, -0.25) is 4.79 Å². The third kappa shape index (κ3) is 2.84. The molecule has 0 bridgehead atoms. The highest BCUT2D eigenvalue weighted by atomic mass is 16.6. The summed E-state index contributed by atoms with van der Waals surface area (Å²) in [5.74, 6) is -0.425. The number of H-pyrrole nitrogens is 1. The Morgan fingerprint density at radius 3 is 2.76 bits per heavy atom. The maximum Gasteiger partial charge on any atom is 0.265 e. The zero-order valence-electron chi connectivity index (χ0n) is 9.22. The number of benzene rings is 1. The lowest BCUT2D eigenvalue weighted by Gasteiger charge is -1.85. The van der Waals surface area contributed by atoms with Crippen molar-refractivity contribution in [2.75, 3.05) is 6.61 Å². The normalized spacial score (nSPS) is 12.9. The summed E-state index contributed by atoms with van der Waals surface area (Å²) in [7, 11) is 0. The van der Waals surface area contributed by atoms with Gasteiger partial charge in [0.15, 0.2) is 0 Å². The first-order valence-corrected chi connectivity index (χ1v) is 5.29. The number of nitrogens with two attached hydrogens (primary N) is 1. The molecule has 0 fully saturated rings. The molecular formula is C12H13N3O2. The topological polar surface area (TPSA) is 80.5 Å². The Labute approximate surface area is 98.2 Å². The maximum absolute atomic E-state index is 10.8. The number of nitrogens with one attached hydrogen (secondary N) is 1. The van der Waals surface area contributed by atoms with Crippen LogP contribution in [-0.2, 0) is 4.84 Å². The number of aromatic nitrogens is 1. The van der Waals surface area contributed by atoms with Gasteiger partial charge in [-0.25, -0.2) is 0 Å². The number of amides is 1. The van der Waals surface area contributed by atoms with Crippen molar-refractivity contribution in [2.24, 2.45) is 10.9 Å². The van der Waals surface area contributed by atoms with Gasteiger partial charge in [0, 0.05) is 23.5 Å². The van der Waals surface area contributed by atoms with E-state index < -0.39 is 5.91 Å². The molecule has 2 heterocycles. The van der Waals surface area contributed by atoms with Crippen LogP contribution in [0.15, 0.2) is 35.5 Å². The molecule has 0 spiro atoms. The molecule has 0 aliphatic carbocycles. The smallest absolute Gasteiger partial charge is 0.265 e. The van der Waals surface area contributed by atoms with Crippen LogP contribution in [0.25, 0.3) is 10.9 Å². The number of primary amides is 1. The number of carbonyl (C=O) groups is 1. The second kappa shape index (κ2) is 5.16. The molecule has 17 heavy (non-hydrogen) atoms. The lowest BCUT2D eigenvalue weighted by Crippen LogP contribution is -2.10. The molecule has 5 nitrogen and oxygen atoms in total. The Morgan fingerprint density at radius 2 is 2.24 bits per heavy atom. The number of hydrogen-bond acceptors (Lipinski definition) is 3. The largest absolute Gasteiger partial charge is 0.396 e. The van der Waals surface area contributed by atoms with Crippen molar-refractivity contribution >= 4 is 23.0 Å². The molecule has 1 amide bonds. The molecule has 1 aromatic carbocycles. The van der Waals surface area contributed by atoms with Gasteiger partial charge in [-0.05, 0) is 12.1 Å². The van der Waals surface area contributed by atoms with E-state index in [9.17, 15) is 4.79 Å². The van der Waals surface area contributed by atoms with Crippen molar-refractivity contribution in [1.82, 2.24) is 4.98 Å². The molecule has 0 radical (unpaired) electrons. The highest BCUT2D eigenvalue weighted by Gasteiger charge is 2.03. The molecule has 1 aromatic heterocycles. The van der Waals surface area contributed by atoms with Crippen molar-refractivity contribution in [3.05, 3.63) is 36.0 Å². The lowest BCUT2D eigenvalue weighted by molar-refractivity contribution is 0.0996. The summed E-state index contributed by atoms with van der Waals surface area (Å²) in [5.41, 5.74) is 6.50. The molecule has 0 atom stereocenters. The zero-order chi connectivity index (χ0) is 12.1. The molecule has 3 rings (SSSR count). The summed E-state index contributed by atoms with van der Waals surface area (Å²) in [6.45, 7) is 0.778. The van der Waals surface area contributed by atoms with Crippen molar-refractivity contribution in [2.45, 2.75) is 6.42 Å². The fourth-order valence-electron chi connectivity index (χ4n) is 1.47. The van der Waals surface area contributed by atoms with E-state index in [0.29, 0.717) is 5.69 Å². The number of rotatable bonds is 1. The van der Waals surface area contributed by atoms with Gasteiger partial charge in [-0.1, -0.05) is 23.4 Å². The van der Waals surface area contributed by atoms with Crippen LogP contribution in [0.4, 0.5) is 0 Å². The Hall–Kier alpha value is -2.30. The van der Waals surface area contributed by atoms with E-state index in [-0.39, 0.29) is 0 Å². The molecule has 5 heteroatoms. The fraction of sp³-hybridized carbons (Fsp3) is 0.167. The van der Waals surface area contributed by atoms with Crippen molar-refractivity contribution in [1.29, 1.82) is 0 Å². The van der Waals surface area contributed by atoms with Crippen LogP contribution in [0.3, 0.4) is 0 Å².